The van der Waals surface area contributed by atoms with Crippen LogP contribution >= 0.6 is 0 Å². The number of nitrogens with one attached hydrogen (secondary N) is 1. The summed E-state index contributed by atoms with van der Waals surface area (Å²) in [6.07, 6.45) is 3.15. The molecule has 3 aromatic rings. The molecule has 1 aromatic carbocycles. The zero-order valence-electron chi connectivity index (χ0n) is 30.4. The molecule has 0 bridgehead atoms. The zero-order chi connectivity index (χ0) is 35.8. The molecule has 1 saturated heterocycles. The Hall–Kier alpha value is -4.49. The maximum absolute atomic E-state index is 12.3. The number of likely N-dealkylation sites (N-methyl/N-ethyl adjacent to an activating group) is 2. The number of esters is 1. The number of benzene rings is 1. The summed E-state index contributed by atoms with van der Waals surface area (Å²) in [6, 6.07) is 11.7. The van der Waals surface area contributed by atoms with E-state index in [1.807, 2.05) is 83.8 Å². The molecule has 266 valence electrons. The third-order valence-electron chi connectivity index (χ3n) is 7.73. The molecule has 0 saturated carbocycles. The van der Waals surface area contributed by atoms with E-state index in [1.54, 1.807) is 31.5 Å². The Bertz CT molecular complexity index is 1550. The average molecular weight is 677 g/mol. The van der Waals surface area contributed by atoms with Gasteiger partial charge in [0.05, 0.1) is 19.3 Å². The highest BCUT2D eigenvalue weighted by Gasteiger charge is 2.24. The Labute approximate surface area is 290 Å². The molecule has 1 aliphatic heterocycles. The standard InChI is InChI=1S/C36H52N8O5/c1-35(2,3)48-32(45)25-44-20-18-43(19-21-44)24-27-22-28(11-12-30(27)47-9)39-33-37-15-14-29(40-33)26-10-13-31(38-23-26)41(7)16-17-42(8)34(46)49-36(4,5)6/h10-15,22-23H,16-21,24-25H2,1-9H3,(H,37,39,40). The average Bonchev–Trinajstić information content (AvgIpc) is 3.03. The third-order valence-corrected chi connectivity index (χ3v) is 7.73. The van der Waals surface area contributed by atoms with E-state index in [9.17, 15) is 9.59 Å². The van der Waals surface area contributed by atoms with Gasteiger partial charge in [0.15, 0.2) is 0 Å². The first-order chi connectivity index (χ1) is 23.1. The number of ether oxygens (including phenoxy) is 3. The predicted molar refractivity (Wildman–Crippen MR) is 191 cm³/mol. The van der Waals surface area contributed by atoms with Gasteiger partial charge in [0, 0.05) is 89.1 Å². The number of amides is 1. The van der Waals surface area contributed by atoms with Gasteiger partial charge in [0.25, 0.3) is 0 Å². The first kappa shape index (κ1) is 37.3. The Morgan fingerprint density at radius 3 is 2.20 bits per heavy atom. The van der Waals surface area contributed by atoms with Crippen molar-refractivity contribution in [3.8, 4) is 17.0 Å². The van der Waals surface area contributed by atoms with E-state index in [0.29, 0.717) is 32.1 Å². The van der Waals surface area contributed by atoms with Crippen LogP contribution in [0.25, 0.3) is 11.3 Å². The Morgan fingerprint density at radius 1 is 0.878 bits per heavy atom. The SMILES string of the molecule is COc1ccc(Nc2nccc(-c3ccc(N(C)CCN(C)C(=O)OC(C)(C)C)nc3)n2)cc1CN1CCN(CC(=O)OC(C)(C)C)CC1. The van der Waals surface area contributed by atoms with Crippen molar-refractivity contribution in [2.24, 2.45) is 0 Å². The van der Waals surface area contributed by atoms with Crippen LogP contribution in [0.2, 0.25) is 0 Å². The van der Waals surface area contributed by atoms with Crippen LogP contribution in [0.15, 0.2) is 48.8 Å². The lowest BCUT2D eigenvalue weighted by Crippen LogP contribution is -2.48. The van der Waals surface area contributed by atoms with Crippen LogP contribution in [0.3, 0.4) is 0 Å². The second-order valence-electron chi connectivity index (χ2n) is 14.3. The first-order valence-corrected chi connectivity index (χ1v) is 16.6. The Kier molecular flexibility index (Phi) is 12.4. The minimum atomic E-state index is -0.535. The fourth-order valence-electron chi connectivity index (χ4n) is 5.20. The summed E-state index contributed by atoms with van der Waals surface area (Å²) in [6.45, 7) is 16.6. The highest BCUT2D eigenvalue weighted by molar-refractivity contribution is 5.72. The van der Waals surface area contributed by atoms with Crippen LogP contribution in [-0.4, -0.2) is 120 Å². The van der Waals surface area contributed by atoms with Crippen molar-refractivity contribution in [2.75, 3.05) is 77.2 Å². The predicted octanol–water partition coefficient (Wildman–Crippen LogP) is 5.05. The summed E-state index contributed by atoms with van der Waals surface area (Å²) < 4.78 is 16.6. The van der Waals surface area contributed by atoms with Gasteiger partial charge in [0.2, 0.25) is 5.95 Å². The highest BCUT2D eigenvalue weighted by atomic mass is 16.6. The van der Waals surface area contributed by atoms with Gasteiger partial charge in [-0.2, -0.15) is 0 Å². The third kappa shape index (κ3) is 11.9. The zero-order valence-corrected chi connectivity index (χ0v) is 30.4. The molecule has 0 atom stereocenters. The maximum Gasteiger partial charge on any atom is 0.410 e. The molecule has 13 nitrogen and oxygen atoms in total. The molecule has 49 heavy (non-hydrogen) atoms. The van der Waals surface area contributed by atoms with Gasteiger partial charge in [0.1, 0.15) is 22.8 Å². The fraction of sp³-hybridized carbons (Fsp3) is 0.528. The molecular formula is C36H52N8O5. The number of aromatic nitrogens is 3. The van der Waals surface area contributed by atoms with Crippen LogP contribution in [0, 0.1) is 0 Å². The number of nitrogens with zero attached hydrogens (tertiary/aromatic N) is 7. The summed E-state index contributed by atoms with van der Waals surface area (Å²) >= 11 is 0. The normalized spacial score (nSPS) is 14.2. The van der Waals surface area contributed by atoms with Crippen LogP contribution in [0.1, 0.15) is 47.1 Å². The minimum Gasteiger partial charge on any atom is -0.496 e. The van der Waals surface area contributed by atoms with Crippen molar-refractivity contribution in [3.63, 3.8) is 0 Å². The summed E-state index contributed by atoms with van der Waals surface area (Å²) in [5.74, 6) is 1.87. The van der Waals surface area contributed by atoms with Gasteiger partial charge in [-0.25, -0.2) is 19.7 Å². The largest absolute Gasteiger partial charge is 0.496 e. The Balaban J connectivity index is 1.33. The van der Waals surface area contributed by atoms with Gasteiger partial charge in [-0.1, -0.05) is 0 Å². The van der Waals surface area contributed by atoms with Crippen LogP contribution < -0.4 is 15.0 Å². The minimum absolute atomic E-state index is 0.189. The van der Waals surface area contributed by atoms with E-state index in [0.717, 1.165) is 60.3 Å². The molecule has 0 radical (unpaired) electrons. The van der Waals surface area contributed by atoms with Crippen LogP contribution in [0.4, 0.5) is 22.2 Å². The molecule has 2 aromatic heterocycles. The van der Waals surface area contributed by atoms with E-state index >= 15 is 0 Å². The molecule has 1 N–H and O–H groups in total. The number of rotatable bonds is 12. The van der Waals surface area contributed by atoms with E-state index in [2.05, 4.69) is 31.2 Å². The number of piperazine rings is 1. The monoisotopic (exact) mass is 676 g/mol. The van der Waals surface area contributed by atoms with Crippen molar-refractivity contribution in [1.82, 2.24) is 29.7 Å². The van der Waals surface area contributed by atoms with Gasteiger partial charge < -0.3 is 29.3 Å². The summed E-state index contributed by atoms with van der Waals surface area (Å²) in [4.78, 5) is 46.4. The molecule has 1 aliphatic rings. The molecule has 4 rings (SSSR count). The molecule has 13 heteroatoms. The number of anilines is 3. The number of hydrogen-bond acceptors (Lipinski definition) is 12. The molecular weight excluding hydrogens is 624 g/mol. The molecule has 1 amide bonds. The van der Waals surface area contributed by atoms with Crippen LogP contribution in [-0.2, 0) is 20.8 Å². The van der Waals surface area contributed by atoms with Crippen molar-refractivity contribution < 1.29 is 23.8 Å². The fourth-order valence-corrected chi connectivity index (χ4v) is 5.20. The topological polar surface area (TPSA) is 125 Å². The molecule has 0 unspecified atom stereocenters. The number of carbonyl (C=O) groups is 2. The quantitative estimate of drug-likeness (QED) is 0.258. The number of hydrogen-bond donors (Lipinski definition) is 1. The van der Waals surface area contributed by atoms with Crippen molar-refractivity contribution in [1.29, 1.82) is 0 Å². The molecule has 0 aliphatic carbocycles. The number of carbonyl (C=O) groups excluding carboxylic acids is 2. The molecule has 1 fully saturated rings. The lowest BCUT2D eigenvalue weighted by atomic mass is 10.1. The van der Waals surface area contributed by atoms with Gasteiger partial charge >= 0.3 is 12.1 Å². The van der Waals surface area contributed by atoms with Gasteiger partial charge in [-0.05, 0) is 77.9 Å². The van der Waals surface area contributed by atoms with E-state index in [-0.39, 0.29) is 12.1 Å². The maximum atomic E-state index is 12.3. The van der Waals surface area contributed by atoms with E-state index < -0.39 is 11.2 Å². The van der Waals surface area contributed by atoms with Crippen LogP contribution in [0.5, 0.6) is 5.75 Å². The summed E-state index contributed by atoms with van der Waals surface area (Å²) in [5.41, 5.74) is 2.48. The van der Waals surface area contributed by atoms with E-state index in [1.165, 1.54) is 0 Å². The molecule has 3 heterocycles. The first-order valence-electron chi connectivity index (χ1n) is 16.6. The van der Waals surface area contributed by atoms with Crippen molar-refractivity contribution >= 4 is 29.5 Å². The number of methoxy groups -OCH3 is 1. The second-order valence-corrected chi connectivity index (χ2v) is 14.3. The number of pyridine rings is 1. The van der Waals surface area contributed by atoms with Gasteiger partial charge in [-0.15, -0.1) is 0 Å². The lowest BCUT2D eigenvalue weighted by Gasteiger charge is -2.34. The summed E-state index contributed by atoms with van der Waals surface area (Å²) in [5, 5.41) is 3.34. The smallest absolute Gasteiger partial charge is 0.410 e. The summed E-state index contributed by atoms with van der Waals surface area (Å²) in [7, 11) is 5.34. The second kappa shape index (κ2) is 16.3. The Morgan fingerprint density at radius 2 is 1.57 bits per heavy atom. The van der Waals surface area contributed by atoms with Crippen molar-refractivity contribution in [2.45, 2.75) is 59.3 Å². The van der Waals surface area contributed by atoms with E-state index in [4.69, 9.17) is 19.2 Å². The van der Waals surface area contributed by atoms with Crippen molar-refractivity contribution in [3.05, 3.63) is 54.4 Å². The lowest BCUT2D eigenvalue weighted by molar-refractivity contribution is -0.156. The van der Waals surface area contributed by atoms with Gasteiger partial charge in [-0.3, -0.25) is 14.6 Å². The highest BCUT2D eigenvalue weighted by Crippen LogP contribution is 2.27. The molecule has 0 spiro atoms.